The van der Waals surface area contributed by atoms with Gasteiger partial charge in [-0.2, -0.15) is 0 Å². The topological polar surface area (TPSA) is 28.2 Å². The summed E-state index contributed by atoms with van der Waals surface area (Å²) in [5, 5.41) is 5.64. The lowest BCUT2D eigenvalue weighted by atomic mass is 10.1. The fraction of sp³-hybridized carbons (Fsp3) is 0.438. The van der Waals surface area contributed by atoms with Crippen LogP contribution in [0, 0.1) is 6.92 Å². The maximum atomic E-state index is 4.78. The summed E-state index contributed by atoms with van der Waals surface area (Å²) in [5.41, 5.74) is 2.27. The highest BCUT2D eigenvalue weighted by Gasteiger charge is 2.25. The highest BCUT2D eigenvalue weighted by atomic mass is 32.1. The van der Waals surface area contributed by atoms with E-state index in [0.717, 1.165) is 31.9 Å². The SMILES string of the molecule is Cc1cccc(C(c2cccs2)N2CCCNCC2)n1. The Morgan fingerprint density at radius 2 is 2.15 bits per heavy atom. The zero-order chi connectivity index (χ0) is 13.8. The van der Waals surface area contributed by atoms with Crippen molar-refractivity contribution in [3.8, 4) is 0 Å². The second-order valence-electron chi connectivity index (χ2n) is 5.26. The number of nitrogens with one attached hydrogen (secondary N) is 1. The number of hydrogen-bond donors (Lipinski definition) is 1. The van der Waals surface area contributed by atoms with Crippen LogP contribution in [-0.4, -0.2) is 36.1 Å². The van der Waals surface area contributed by atoms with E-state index in [4.69, 9.17) is 4.98 Å². The van der Waals surface area contributed by atoms with Crippen LogP contribution in [0.1, 0.15) is 28.7 Å². The highest BCUT2D eigenvalue weighted by Crippen LogP contribution is 2.31. The summed E-state index contributed by atoms with van der Waals surface area (Å²) in [5.74, 6) is 0. The molecule has 1 saturated heterocycles. The number of nitrogens with zero attached hydrogens (tertiary/aromatic N) is 2. The molecule has 0 spiro atoms. The third-order valence-corrected chi connectivity index (χ3v) is 4.67. The van der Waals surface area contributed by atoms with Crippen LogP contribution in [0.5, 0.6) is 0 Å². The second-order valence-corrected chi connectivity index (χ2v) is 6.24. The first-order valence-corrected chi connectivity index (χ1v) is 8.14. The Morgan fingerprint density at radius 1 is 1.20 bits per heavy atom. The predicted molar refractivity (Wildman–Crippen MR) is 84.2 cm³/mol. The molecule has 1 unspecified atom stereocenters. The average molecular weight is 287 g/mol. The zero-order valence-corrected chi connectivity index (χ0v) is 12.7. The smallest absolute Gasteiger partial charge is 0.0870 e. The lowest BCUT2D eigenvalue weighted by Gasteiger charge is -2.29. The van der Waals surface area contributed by atoms with Crippen molar-refractivity contribution in [1.29, 1.82) is 0 Å². The molecule has 0 aromatic carbocycles. The molecule has 0 radical (unpaired) electrons. The van der Waals surface area contributed by atoms with E-state index in [2.05, 4.69) is 52.9 Å². The molecule has 0 bridgehead atoms. The Hall–Kier alpha value is -1.23. The number of pyridine rings is 1. The Balaban J connectivity index is 1.95. The van der Waals surface area contributed by atoms with Gasteiger partial charge in [-0.1, -0.05) is 12.1 Å². The summed E-state index contributed by atoms with van der Waals surface area (Å²) in [7, 11) is 0. The van der Waals surface area contributed by atoms with Gasteiger partial charge < -0.3 is 5.32 Å². The lowest BCUT2D eigenvalue weighted by Crippen LogP contribution is -2.33. The molecule has 0 saturated carbocycles. The summed E-state index contributed by atoms with van der Waals surface area (Å²) in [4.78, 5) is 8.74. The van der Waals surface area contributed by atoms with Crippen LogP contribution in [0.3, 0.4) is 0 Å². The van der Waals surface area contributed by atoms with Crippen LogP contribution in [0.15, 0.2) is 35.7 Å². The molecule has 4 heteroatoms. The van der Waals surface area contributed by atoms with E-state index >= 15 is 0 Å². The molecule has 2 aromatic rings. The minimum absolute atomic E-state index is 0.301. The van der Waals surface area contributed by atoms with Crippen molar-refractivity contribution in [2.45, 2.75) is 19.4 Å². The summed E-state index contributed by atoms with van der Waals surface area (Å²) in [6.07, 6.45) is 1.20. The summed E-state index contributed by atoms with van der Waals surface area (Å²) in [6.45, 7) is 6.46. The fourth-order valence-electron chi connectivity index (χ4n) is 2.80. The van der Waals surface area contributed by atoms with Gasteiger partial charge in [-0.25, -0.2) is 0 Å². The first-order chi connectivity index (χ1) is 9.84. The molecule has 20 heavy (non-hydrogen) atoms. The van der Waals surface area contributed by atoms with E-state index < -0.39 is 0 Å². The molecule has 1 aliphatic rings. The normalized spacial score (nSPS) is 18.6. The summed E-state index contributed by atoms with van der Waals surface area (Å²) < 4.78 is 0. The summed E-state index contributed by atoms with van der Waals surface area (Å²) >= 11 is 1.83. The lowest BCUT2D eigenvalue weighted by molar-refractivity contribution is 0.240. The Morgan fingerprint density at radius 3 is 2.95 bits per heavy atom. The van der Waals surface area contributed by atoms with Crippen LogP contribution in [-0.2, 0) is 0 Å². The second kappa shape index (κ2) is 6.48. The van der Waals surface area contributed by atoms with Crippen molar-refractivity contribution >= 4 is 11.3 Å². The number of thiophene rings is 1. The van der Waals surface area contributed by atoms with Gasteiger partial charge in [-0.3, -0.25) is 9.88 Å². The van der Waals surface area contributed by atoms with Crippen molar-refractivity contribution in [1.82, 2.24) is 15.2 Å². The van der Waals surface area contributed by atoms with Crippen LogP contribution in [0.25, 0.3) is 0 Å². The molecule has 3 heterocycles. The molecule has 0 amide bonds. The quantitative estimate of drug-likeness (QED) is 0.941. The van der Waals surface area contributed by atoms with Gasteiger partial charge >= 0.3 is 0 Å². The van der Waals surface area contributed by atoms with Gasteiger partial charge in [0.25, 0.3) is 0 Å². The van der Waals surface area contributed by atoms with Gasteiger partial charge in [0.05, 0.1) is 11.7 Å². The van der Waals surface area contributed by atoms with Crippen molar-refractivity contribution < 1.29 is 0 Å². The summed E-state index contributed by atoms with van der Waals surface area (Å²) in [6, 6.07) is 11.0. The molecular weight excluding hydrogens is 266 g/mol. The molecule has 3 nitrogen and oxygen atoms in total. The monoisotopic (exact) mass is 287 g/mol. The molecule has 3 rings (SSSR count). The van der Waals surface area contributed by atoms with Crippen LogP contribution < -0.4 is 5.32 Å². The van der Waals surface area contributed by atoms with Gasteiger partial charge in [-0.05, 0) is 43.5 Å². The van der Waals surface area contributed by atoms with Gasteiger partial charge in [0.1, 0.15) is 0 Å². The Bertz CT molecular complexity index is 530. The van der Waals surface area contributed by atoms with Crippen molar-refractivity contribution in [2.75, 3.05) is 26.2 Å². The molecular formula is C16H21N3S. The first-order valence-electron chi connectivity index (χ1n) is 7.26. The van der Waals surface area contributed by atoms with Gasteiger partial charge in [0, 0.05) is 30.2 Å². The van der Waals surface area contributed by atoms with Crippen molar-refractivity contribution in [2.24, 2.45) is 0 Å². The van der Waals surface area contributed by atoms with E-state index in [9.17, 15) is 0 Å². The number of aromatic nitrogens is 1. The van der Waals surface area contributed by atoms with Crippen LogP contribution >= 0.6 is 11.3 Å². The number of hydrogen-bond acceptors (Lipinski definition) is 4. The van der Waals surface area contributed by atoms with E-state index in [-0.39, 0.29) is 0 Å². The van der Waals surface area contributed by atoms with Crippen molar-refractivity contribution in [3.05, 3.63) is 52.0 Å². The Kier molecular flexibility index (Phi) is 4.45. The molecule has 2 aromatic heterocycles. The maximum absolute atomic E-state index is 4.78. The predicted octanol–water partition coefficient (Wildman–Crippen LogP) is 2.84. The van der Waals surface area contributed by atoms with Crippen LogP contribution in [0.2, 0.25) is 0 Å². The molecule has 0 aliphatic carbocycles. The van der Waals surface area contributed by atoms with Gasteiger partial charge in [-0.15, -0.1) is 11.3 Å². The zero-order valence-electron chi connectivity index (χ0n) is 11.9. The Labute approximate surface area is 124 Å². The van der Waals surface area contributed by atoms with E-state index in [0.29, 0.717) is 6.04 Å². The largest absolute Gasteiger partial charge is 0.315 e. The van der Waals surface area contributed by atoms with E-state index in [1.54, 1.807) is 0 Å². The standard InChI is InChI=1S/C16H21N3S/c1-13-5-2-6-14(18-13)16(15-7-3-12-20-15)19-10-4-8-17-9-11-19/h2-3,5-7,12,16-17H,4,8-11H2,1H3. The molecule has 1 fully saturated rings. The first kappa shape index (κ1) is 13.7. The van der Waals surface area contributed by atoms with E-state index in [1.165, 1.54) is 17.0 Å². The maximum Gasteiger partial charge on any atom is 0.0870 e. The van der Waals surface area contributed by atoms with Gasteiger partial charge in [0.15, 0.2) is 0 Å². The number of aryl methyl sites for hydroxylation is 1. The third-order valence-electron chi connectivity index (χ3n) is 3.74. The fourth-order valence-corrected chi connectivity index (χ4v) is 3.67. The molecule has 1 N–H and O–H groups in total. The molecule has 106 valence electrons. The molecule has 1 atom stereocenters. The van der Waals surface area contributed by atoms with Gasteiger partial charge in [0.2, 0.25) is 0 Å². The minimum Gasteiger partial charge on any atom is -0.315 e. The third kappa shape index (κ3) is 3.08. The average Bonchev–Trinajstić information content (AvgIpc) is 2.83. The molecule has 1 aliphatic heterocycles. The number of rotatable bonds is 3. The van der Waals surface area contributed by atoms with Crippen molar-refractivity contribution in [3.63, 3.8) is 0 Å². The van der Waals surface area contributed by atoms with E-state index in [1.807, 2.05) is 11.3 Å². The highest BCUT2D eigenvalue weighted by molar-refractivity contribution is 7.10. The minimum atomic E-state index is 0.301. The van der Waals surface area contributed by atoms with Crippen LogP contribution in [0.4, 0.5) is 0 Å².